The molecular formula is C14H14N4. The van der Waals surface area contributed by atoms with Crippen molar-refractivity contribution < 1.29 is 0 Å². The van der Waals surface area contributed by atoms with Crippen molar-refractivity contribution in [3.8, 4) is 17.5 Å². The van der Waals surface area contributed by atoms with Gasteiger partial charge in [0, 0.05) is 11.6 Å². The number of nitrogens with zero attached hydrogens (tertiary/aromatic N) is 3. The number of hydrogen-bond donors (Lipinski definition) is 1. The number of nitrogens with two attached hydrogens (primary N) is 1. The lowest BCUT2D eigenvalue weighted by Gasteiger charge is -2.09. The van der Waals surface area contributed by atoms with Crippen molar-refractivity contribution in [1.29, 1.82) is 5.26 Å². The molecule has 2 N–H and O–H groups in total. The minimum atomic E-state index is 0.287. The van der Waals surface area contributed by atoms with Crippen molar-refractivity contribution in [2.45, 2.75) is 20.8 Å². The van der Waals surface area contributed by atoms with Gasteiger partial charge >= 0.3 is 0 Å². The van der Waals surface area contributed by atoms with E-state index >= 15 is 0 Å². The molecule has 0 fully saturated rings. The Hall–Kier alpha value is -2.41. The molecule has 0 saturated heterocycles. The second-order valence-corrected chi connectivity index (χ2v) is 4.36. The number of aryl methyl sites for hydroxylation is 3. The molecule has 0 saturated carbocycles. The van der Waals surface area contributed by atoms with E-state index in [1.807, 2.05) is 26.0 Å². The maximum absolute atomic E-state index is 8.91. The topological polar surface area (TPSA) is 75.6 Å². The summed E-state index contributed by atoms with van der Waals surface area (Å²) in [5.41, 5.74) is 10.4. The molecule has 0 spiro atoms. The zero-order valence-corrected chi connectivity index (χ0v) is 10.7. The van der Waals surface area contributed by atoms with Gasteiger partial charge in [0.25, 0.3) is 0 Å². The third kappa shape index (κ3) is 2.16. The quantitative estimate of drug-likeness (QED) is 0.828. The average molecular weight is 238 g/mol. The summed E-state index contributed by atoms with van der Waals surface area (Å²) in [5.74, 6) is 0.821. The molecule has 0 aliphatic heterocycles. The fourth-order valence-corrected chi connectivity index (χ4v) is 1.85. The Morgan fingerprint density at radius 1 is 1.00 bits per heavy atom. The Kier molecular flexibility index (Phi) is 2.99. The van der Waals surface area contributed by atoms with Crippen molar-refractivity contribution >= 4 is 5.82 Å². The number of benzene rings is 1. The van der Waals surface area contributed by atoms with E-state index < -0.39 is 0 Å². The summed E-state index contributed by atoms with van der Waals surface area (Å²) in [5, 5.41) is 8.91. The van der Waals surface area contributed by atoms with Gasteiger partial charge in [0.05, 0.1) is 0 Å². The van der Waals surface area contributed by atoms with Gasteiger partial charge in [-0.3, -0.25) is 0 Å². The van der Waals surface area contributed by atoms with E-state index in [4.69, 9.17) is 11.0 Å². The summed E-state index contributed by atoms with van der Waals surface area (Å²) < 4.78 is 0. The molecule has 0 atom stereocenters. The zero-order valence-electron chi connectivity index (χ0n) is 10.7. The van der Waals surface area contributed by atoms with Gasteiger partial charge in [-0.05, 0) is 43.5 Å². The molecule has 0 amide bonds. The molecule has 2 rings (SSSR count). The third-order valence-electron chi connectivity index (χ3n) is 2.94. The first-order valence-electron chi connectivity index (χ1n) is 5.64. The van der Waals surface area contributed by atoms with Crippen LogP contribution in [0.3, 0.4) is 0 Å². The Bertz CT molecular complexity index is 654. The number of nitriles is 1. The van der Waals surface area contributed by atoms with Gasteiger partial charge in [0.2, 0.25) is 0 Å². The van der Waals surface area contributed by atoms with Crippen molar-refractivity contribution in [3.63, 3.8) is 0 Å². The van der Waals surface area contributed by atoms with Crippen LogP contribution in [0.15, 0.2) is 18.2 Å². The first kappa shape index (κ1) is 12.1. The highest BCUT2D eigenvalue weighted by molar-refractivity contribution is 5.64. The zero-order chi connectivity index (χ0) is 13.3. The lowest BCUT2D eigenvalue weighted by atomic mass is 10.0. The van der Waals surface area contributed by atoms with Gasteiger partial charge in [-0.1, -0.05) is 6.07 Å². The van der Waals surface area contributed by atoms with E-state index in [0.29, 0.717) is 11.6 Å². The third-order valence-corrected chi connectivity index (χ3v) is 2.94. The average Bonchev–Trinajstić information content (AvgIpc) is 2.33. The number of hydrogen-bond acceptors (Lipinski definition) is 4. The second kappa shape index (κ2) is 4.46. The van der Waals surface area contributed by atoms with Gasteiger partial charge in [0.15, 0.2) is 5.82 Å². The molecule has 2 aromatic rings. The minimum Gasteiger partial charge on any atom is -0.384 e. The molecule has 1 aromatic heterocycles. The van der Waals surface area contributed by atoms with Crippen molar-refractivity contribution in [1.82, 2.24) is 9.97 Å². The molecule has 1 aromatic carbocycles. The summed E-state index contributed by atoms with van der Waals surface area (Å²) >= 11 is 0. The van der Waals surface area contributed by atoms with Crippen LogP contribution in [0.25, 0.3) is 11.4 Å². The normalized spacial score (nSPS) is 10.1. The van der Waals surface area contributed by atoms with E-state index in [1.54, 1.807) is 0 Å². The van der Waals surface area contributed by atoms with Crippen LogP contribution in [0.4, 0.5) is 5.82 Å². The van der Waals surface area contributed by atoms with Crippen LogP contribution in [-0.2, 0) is 0 Å². The predicted octanol–water partition coefficient (Wildman–Crippen LogP) is 2.52. The molecule has 0 bridgehead atoms. The molecule has 4 nitrogen and oxygen atoms in total. The largest absolute Gasteiger partial charge is 0.384 e. The lowest BCUT2D eigenvalue weighted by molar-refractivity contribution is 1.14. The smallest absolute Gasteiger partial charge is 0.163 e. The summed E-state index contributed by atoms with van der Waals surface area (Å²) in [6.45, 7) is 6.10. The first-order valence-corrected chi connectivity index (χ1v) is 5.64. The van der Waals surface area contributed by atoms with Crippen molar-refractivity contribution in [2.75, 3.05) is 5.73 Å². The fourth-order valence-electron chi connectivity index (χ4n) is 1.85. The Balaban J connectivity index is 2.66. The molecule has 18 heavy (non-hydrogen) atoms. The molecule has 0 aliphatic rings. The highest BCUT2D eigenvalue weighted by atomic mass is 14.9. The first-order chi connectivity index (χ1) is 8.51. The summed E-state index contributed by atoms with van der Waals surface area (Å²) in [6, 6.07) is 7.58. The Labute approximate surface area is 106 Å². The monoisotopic (exact) mass is 238 g/mol. The SMILES string of the molecule is Cc1cc(C)c(-c2nc(N)cc(C#N)n2)cc1C. The van der Waals surface area contributed by atoms with E-state index in [2.05, 4.69) is 23.0 Å². The fraction of sp³-hybridized carbons (Fsp3) is 0.214. The molecule has 0 unspecified atom stereocenters. The van der Waals surface area contributed by atoms with Crippen LogP contribution < -0.4 is 5.73 Å². The molecule has 4 heteroatoms. The molecule has 1 heterocycles. The van der Waals surface area contributed by atoms with E-state index in [9.17, 15) is 0 Å². The number of rotatable bonds is 1. The maximum atomic E-state index is 8.91. The minimum absolute atomic E-state index is 0.287. The van der Waals surface area contributed by atoms with E-state index in [1.165, 1.54) is 17.2 Å². The van der Waals surface area contributed by atoms with Gasteiger partial charge in [0.1, 0.15) is 17.6 Å². The highest BCUT2D eigenvalue weighted by Crippen LogP contribution is 2.24. The second-order valence-electron chi connectivity index (χ2n) is 4.36. The van der Waals surface area contributed by atoms with Crippen molar-refractivity contribution in [3.05, 3.63) is 40.6 Å². The molecule has 90 valence electrons. The summed E-state index contributed by atoms with van der Waals surface area (Å²) in [7, 11) is 0. The Morgan fingerprint density at radius 2 is 1.67 bits per heavy atom. The van der Waals surface area contributed by atoms with Crippen LogP contribution in [0.1, 0.15) is 22.4 Å². The van der Waals surface area contributed by atoms with Crippen LogP contribution in [0.5, 0.6) is 0 Å². The van der Waals surface area contributed by atoms with Crippen LogP contribution in [0, 0.1) is 32.1 Å². The van der Waals surface area contributed by atoms with Gasteiger partial charge < -0.3 is 5.73 Å². The van der Waals surface area contributed by atoms with E-state index in [0.717, 1.165) is 11.1 Å². The predicted molar refractivity (Wildman–Crippen MR) is 70.8 cm³/mol. The maximum Gasteiger partial charge on any atom is 0.163 e. The van der Waals surface area contributed by atoms with Gasteiger partial charge in [-0.25, -0.2) is 9.97 Å². The van der Waals surface area contributed by atoms with Crippen molar-refractivity contribution in [2.24, 2.45) is 0 Å². The van der Waals surface area contributed by atoms with Crippen LogP contribution in [-0.4, -0.2) is 9.97 Å². The summed E-state index contributed by atoms with van der Waals surface area (Å²) in [6.07, 6.45) is 0. The molecule has 0 radical (unpaired) electrons. The Morgan fingerprint density at radius 3 is 2.33 bits per heavy atom. The van der Waals surface area contributed by atoms with Gasteiger partial charge in [-0.15, -0.1) is 0 Å². The van der Waals surface area contributed by atoms with Crippen LogP contribution >= 0.6 is 0 Å². The molecule has 0 aliphatic carbocycles. The molecular weight excluding hydrogens is 224 g/mol. The number of aromatic nitrogens is 2. The number of nitrogen functional groups attached to an aromatic ring is 1. The number of anilines is 1. The summed E-state index contributed by atoms with van der Waals surface area (Å²) in [4.78, 5) is 8.40. The van der Waals surface area contributed by atoms with Gasteiger partial charge in [-0.2, -0.15) is 5.26 Å². The lowest BCUT2D eigenvalue weighted by Crippen LogP contribution is -2.00. The van der Waals surface area contributed by atoms with E-state index in [-0.39, 0.29) is 5.69 Å². The highest BCUT2D eigenvalue weighted by Gasteiger charge is 2.09. The standard InChI is InChI=1S/C14H14N4/c1-8-4-10(3)12(5-9(8)2)14-17-11(7-15)6-13(16)18-14/h4-6H,1-3H3,(H2,16,17,18). The van der Waals surface area contributed by atoms with Crippen LogP contribution in [0.2, 0.25) is 0 Å².